The van der Waals surface area contributed by atoms with Crippen molar-refractivity contribution in [2.75, 3.05) is 19.5 Å². The third-order valence-electron chi connectivity index (χ3n) is 3.41. The molecule has 4 heteroatoms. The molecule has 0 spiro atoms. The summed E-state index contributed by atoms with van der Waals surface area (Å²) in [6, 6.07) is 10.5. The van der Waals surface area contributed by atoms with Crippen LogP contribution in [0.4, 0.5) is 11.4 Å². The van der Waals surface area contributed by atoms with Gasteiger partial charge in [0.1, 0.15) is 0 Å². The fraction of sp³-hybridized carbons (Fsp3) is 0.353. The summed E-state index contributed by atoms with van der Waals surface area (Å²) in [5, 5.41) is 6.61. The summed E-state index contributed by atoms with van der Waals surface area (Å²) < 4.78 is 5.33. The monoisotopic (exact) mass is 285 g/mol. The maximum Gasteiger partial charge on any atom is 0.216 e. The number of aryl methyl sites for hydroxylation is 2. The molecule has 1 heterocycles. The minimum Gasteiger partial charge on any atom is -0.481 e. The molecular formula is C17H23N3O. The molecule has 0 unspecified atom stereocenters. The Morgan fingerprint density at radius 3 is 2.71 bits per heavy atom. The van der Waals surface area contributed by atoms with Crippen LogP contribution in [0.2, 0.25) is 0 Å². The van der Waals surface area contributed by atoms with Gasteiger partial charge in [-0.1, -0.05) is 19.1 Å². The lowest BCUT2D eigenvalue weighted by Gasteiger charge is -2.14. The quantitative estimate of drug-likeness (QED) is 0.853. The maximum atomic E-state index is 5.33. The Hall–Kier alpha value is -2.07. The summed E-state index contributed by atoms with van der Waals surface area (Å²) >= 11 is 0. The second-order valence-electron chi connectivity index (χ2n) is 5.00. The van der Waals surface area contributed by atoms with Crippen molar-refractivity contribution in [2.24, 2.45) is 0 Å². The number of methoxy groups -OCH3 is 1. The summed E-state index contributed by atoms with van der Waals surface area (Å²) in [6.45, 7) is 4.95. The molecule has 0 atom stereocenters. The highest BCUT2D eigenvalue weighted by Gasteiger charge is 2.09. The molecule has 1 aromatic heterocycles. The van der Waals surface area contributed by atoms with Crippen LogP contribution in [0.3, 0.4) is 0 Å². The van der Waals surface area contributed by atoms with Gasteiger partial charge < -0.3 is 15.4 Å². The highest BCUT2D eigenvalue weighted by Crippen LogP contribution is 2.26. The van der Waals surface area contributed by atoms with E-state index in [0.29, 0.717) is 5.88 Å². The standard InChI is InChI=1S/C17H23N3O/c1-5-14-10-16(12(2)19-17(14)21-4)20-15-8-6-7-13(9-15)11-18-3/h6-10,18,20H,5,11H2,1-4H3. The van der Waals surface area contributed by atoms with E-state index in [0.717, 1.165) is 35.6 Å². The molecule has 112 valence electrons. The predicted octanol–water partition coefficient (Wildman–Crippen LogP) is 3.42. The lowest BCUT2D eigenvalue weighted by atomic mass is 10.1. The lowest BCUT2D eigenvalue weighted by Crippen LogP contribution is -2.05. The van der Waals surface area contributed by atoms with E-state index in [2.05, 4.69) is 52.9 Å². The first-order chi connectivity index (χ1) is 10.2. The van der Waals surface area contributed by atoms with Crippen molar-refractivity contribution in [3.8, 4) is 5.88 Å². The van der Waals surface area contributed by atoms with Crippen LogP contribution in [0.25, 0.3) is 0 Å². The summed E-state index contributed by atoms with van der Waals surface area (Å²) in [5.41, 5.74) is 5.38. The Bertz CT molecular complexity index is 611. The van der Waals surface area contributed by atoms with Gasteiger partial charge in [-0.15, -0.1) is 0 Å². The van der Waals surface area contributed by atoms with Gasteiger partial charge in [-0.05, 0) is 44.2 Å². The largest absolute Gasteiger partial charge is 0.481 e. The minimum atomic E-state index is 0.712. The third kappa shape index (κ3) is 3.73. The van der Waals surface area contributed by atoms with E-state index in [4.69, 9.17) is 4.74 Å². The Morgan fingerprint density at radius 2 is 2.05 bits per heavy atom. The Morgan fingerprint density at radius 1 is 1.24 bits per heavy atom. The van der Waals surface area contributed by atoms with Gasteiger partial charge in [0.2, 0.25) is 5.88 Å². The second kappa shape index (κ2) is 7.09. The van der Waals surface area contributed by atoms with Crippen LogP contribution in [0, 0.1) is 6.92 Å². The normalized spacial score (nSPS) is 10.5. The molecule has 2 N–H and O–H groups in total. The van der Waals surface area contributed by atoms with Gasteiger partial charge in [-0.2, -0.15) is 0 Å². The van der Waals surface area contributed by atoms with E-state index in [9.17, 15) is 0 Å². The summed E-state index contributed by atoms with van der Waals surface area (Å²) in [5.74, 6) is 0.712. The first-order valence-electron chi connectivity index (χ1n) is 7.23. The number of ether oxygens (including phenoxy) is 1. The highest BCUT2D eigenvalue weighted by molar-refractivity contribution is 5.63. The van der Waals surface area contributed by atoms with Crippen molar-refractivity contribution >= 4 is 11.4 Å². The van der Waals surface area contributed by atoms with Gasteiger partial charge >= 0.3 is 0 Å². The number of nitrogens with one attached hydrogen (secondary N) is 2. The molecule has 21 heavy (non-hydrogen) atoms. The van der Waals surface area contributed by atoms with Crippen molar-refractivity contribution in [3.05, 3.63) is 47.2 Å². The van der Waals surface area contributed by atoms with Crippen molar-refractivity contribution < 1.29 is 4.74 Å². The smallest absolute Gasteiger partial charge is 0.216 e. The Kier molecular flexibility index (Phi) is 5.17. The first kappa shape index (κ1) is 15.3. The Balaban J connectivity index is 2.28. The molecule has 2 aromatic rings. The Labute approximate surface area is 126 Å². The van der Waals surface area contributed by atoms with Gasteiger partial charge in [0, 0.05) is 17.8 Å². The van der Waals surface area contributed by atoms with Gasteiger partial charge in [-0.3, -0.25) is 0 Å². The molecule has 0 fully saturated rings. The minimum absolute atomic E-state index is 0.712. The molecule has 0 amide bonds. The molecule has 0 aliphatic heterocycles. The van der Waals surface area contributed by atoms with Crippen LogP contribution in [0.5, 0.6) is 5.88 Å². The number of hydrogen-bond acceptors (Lipinski definition) is 4. The third-order valence-corrected chi connectivity index (χ3v) is 3.41. The van der Waals surface area contributed by atoms with E-state index in [1.165, 1.54) is 5.56 Å². The number of nitrogens with zero attached hydrogens (tertiary/aromatic N) is 1. The zero-order chi connectivity index (χ0) is 15.2. The SMILES string of the molecule is CCc1cc(Nc2cccc(CNC)c2)c(C)nc1OC. The van der Waals surface area contributed by atoms with Gasteiger partial charge in [0.25, 0.3) is 0 Å². The topological polar surface area (TPSA) is 46.2 Å². The lowest BCUT2D eigenvalue weighted by molar-refractivity contribution is 0.392. The second-order valence-corrected chi connectivity index (χ2v) is 5.00. The number of pyridine rings is 1. The van der Waals surface area contributed by atoms with Gasteiger partial charge in [-0.25, -0.2) is 4.98 Å². The van der Waals surface area contributed by atoms with Crippen LogP contribution in [0.15, 0.2) is 30.3 Å². The van der Waals surface area contributed by atoms with Crippen molar-refractivity contribution in [3.63, 3.8) is 0 Å². The number of rotatable bonds is 6. The summed E-state index contributed by atoms with van der Waals surface area (Å²) in [7, 11) is 3.61. The van der Waals surface area contributed by atoms with Crippen molar-refractivity contribution in [1.82, 2.24) is 10.3 Å². The maximum absolute atomic E-state index is 5.33. The number of benzene rings is 1. The van der Waals surface area contributed by atoms with Crippen LogP contribution in [-0.4, -0.2) is 19.1 Å². The first-order valence-corrected chi connectivity index (χ1v) is 7.23. The molecule has 0 bridgehead atoms. The fourth-order valence-electron chi connectivity index (χ4n) is 2.30. The number of hydrogen-bond donors (Lipinski definition) is 2. The zero-order valence-corrected chi connectivity index (χ0v) is 13.2. The van der Waals surface area contributed by atoms with E-state index in [-0.39, 0.29) is 0 Å². The fourth-order valence-corrected chi connectivity index (χ4v) is 2.30. The highest BCUT2D eigenvalue weighted by atomic mass is 16.5. The number of aromatic nitrogens is 1. The van der Waals surface area contributed by atoms with Crippen LogP contribution >= 0.6 is 0 Å². The van der Waals surface area contributed by atoms with E-state index >= 15 is 0 Å². The summed E-state index contributed by atoms with van der Waals surface area (Å²) in [4.78, 5) is 4.52. The molecular weight excluding hydrogens is 262 g/mol. The zero-order valence-electron chi connectivity index (χ0n) is 13.2. The van der Waals surface area contributed by atoms with Crippen LogP contribution in [-0.2, 0) is 13.0 Å². The van der Waals surface area contributed by atoms with E-state index < -0.39 is 0 Å². The molecule has 0 saturated carbocycles. The van der Waals surface area contributed by atoms with Gasteiger partial charge in [0.05, 0.1) is 18.5 Å². The number of anilines is 2. The molecule has 0 aliphatic rings. The van der Waals surface area contributed by atoms with Gasteiger partial charge in [0.15, 0.2) is 0 Å². The molecule has 1 aromatic carbocycles. The average Bonchev–Trinajstić information content (AvgIpc) is 2.49. The average molecular weight is 285 g/mol. The van der Waals surface area contributed by atoms with E-state index in [1.807, 2.05) is 14.0 Å². The predicted molar refractivity (Wildman–Crippen MR) is 87.4 cm³/mol. The summed E-state index contributed by atoms with van der Waals surface area (Å²) in [6.07, 6.45) is 0.894. The molecule has 2 rings (SSSR count). The molecule has 0 radical (unpaired) electrons. The molecule has 4 nitrogen and oxygen atoms in total. The van der Waals surface area contributed by atoms with Crippen molar-refractivity contribution in [2.45, 2.75) is 26.8 Å². The molecule has 0 saturated heterocycles. The van der Waals surface area contributed by atoms with Crippen LogP contribution in [0.1, 0.15) is 23.7 Å². The molecule has 0 aliphatic carbocycles. The van der Waals surface area contributed by atoms with Crippen LogP contribution < -0.4 is 15.4 Å². The van der Waals surface area contributed by atoms with E-state index in [1.54, 1.807) is 7.11 Å². The van der Waals surface area contributed by atoms with Crippen molar-refractivity contribution in [1.29, 1.82) is 0 Å².